The van der Waals surface area contributed by atoms with Gasteiger partial charge >= 0.3 is 0 Å². The summed E-state index contributed by atoms with van der Waals surface area (Å²) in [6.45, 7) is 10.1. The summed E-state index contributed by atoms with van der Waals surface area (Å²) in [7, 11) is 0. The fraction of sp³-hybridized carbons (Fsp3) is 0.250. The Labute approximate surface area is 186 Å². The fourth-order valence-electron chi connectivity index (χ4n) is 3.57. The number of benzene rings is 2. The highest BCUT2D eigenvalue weighted by atomic mass is 32.2. The number of anilines is 1. The van der Waals surface area contributed by atoms with E-state index in [1.807, 2.05) is 18.2 Å². The zero-order valence-corrected chi connectivity index (χ0v) is 19.6. The minimum Gasteiger partial charge on any atom is -0.375 e. The highest BCUT2D eigenvalue weighted by Gasteiger charge is 2.38. The Morgan fingerprint density at radius 1 is 1.03 bits per heavy atom. The maximum absolute atomic E-state index is 12.5. The van der Waals surface area contributed by atoms with Crippen LogP contribution in [0.1, 0.15) is 43.0 Å². The number of ketones is 1. The van der Waals surface area contributed by atoms with Crippen LogP contribution in [0.5, 0.6) is 0 Å². The van der Waals surface area contributed by atoms with Gasteiger partial charge < -0.3 is 5.32 Å². The van der Waals surface area contributed by atoms with Gasteiger partial charge in [-0.3, -0.25) is 4.79 Å². The van der Waals surface area contributed by atoms with Crippen molar-refractivity contribution in [2.24, 2.45) is 0 Å². The molecule has 2 aromatic rings. The molecule has 0 unspecified atom stereocenters. The molecule has 2 nitrogen and oxygen atoms in total. The largest absolute Gasteiger partial charge is 0.375 e. The van der Waals surface area contributed by atoms with Gasteiger partial charge in [-0.25, -0.2) is 0 Å². The third kappa shape index (κ3) is 3.60. The maximum atomic E-state index is 12.5. The Balaban J connectivity index is 1.91. The molecule has 0 saturated heterocycles. The molecule has 0 aromatic heterocycles. The third-order valence-electron chi connectivity index (χ3n) is 5.30. The molecule has 0 bridgehead atoms. The van der Waals surface area contributed by atoms with Gasteiger partial charge in [-0.2, -0.15) is 0 Å². The lowest BCUT2D eigenvalue weighted by Crippen LogP contribution is -2.43. The lowest BCUT2D eigenvalue weighted by atomic mass is 9.84. The van der Waals surface area contributed by atoms with Crippen molar-refractivity contribution in [2.75, 3.05) is 5.32 Å². The van der Waals surface area contributed by atoms with E-state index >= 15 is 0 Å². The van der Waals surface area contributed by atoms with Crippen LogP contribution in [0.25, 0.3) is 10.5 Å². The van der Waals surface area contributed by atoms with Crippen molar-refractivity contribution in [2.45, 2.75) is 40.2 Å². The van der Waals surface area contributed by atoms with E-state index < -0.39 is 0 Å². The highest BCUT2D eigenvalue weighted by molar-refractivity contribution is 8.32. The second kappa shape index (κ2) is 7.46. The van der Waals surface area contributed by atoms with E-state index in [1.165, 1.54) is 11.1 Å². The number of thiocarbonyl (C=S) groups is 1. The van der Waals surface area contributed by atoms with E-state index in [4.69, 9.17) is 12.2 Å². The summed E-state index contributed by atoms with van der Waals surface area (Å²) in [5.41, 5.74) is 6.55. The molecule has 0 fully saturated rings. The van der Waals surface area contributed by atoms with Crippen LogP contribution in [-0.4, -0.2) is 16.2 Å². The molecular weight excluding hydrogens is 414 g/mol. The second-order valence-corrected chi connectivity index (χ2v) is 10.7. The number of carbonyl (C=O) groups is 1. The van der Waals surface area contributed by atoms with Crippen LogP contribution >= 0.6 is 35.7 Å². The van der Waals surface area contributed by atoms with Gasteiger partial charge in [0.2, 0.25) is 0 Å². The summed E-state index contributed by atoms with van der Waals surface area (Å²) < 4.78 is 1.10. The number of hydrogen-bond donors (Lipinski definition) is 1. The van der Waals surface area contributed by atoms with Crippen LogP contribution in [0.2, 0.25) is 0 Å². The number of carbonyl (C=O) groups excluding carboxylic acids is 1. The second-order valence-electron chi connectivity index (χ2n) is 8.01. The number of aryl methyl sites for hydroxylation is 2. The fourth-order valence-corrected chi connectivity index (χ4v) is 6.72. The first-order chi connectivity index (χ1) is 13.7. The molecule has 0 radical (unpaired) electrons. The molecule has 0 amide bonds. The SMILES string of the molecule is CC(=O)C1=C(c2ccccc2)SC(=C2C(=S)C(C)(C)Nc3cc(C)c(C)cc32)S1. The summed E-state index contributed by atoms with van der Waals surface area (Å²) in [4.78, 5) is 15.2. The summed E-state index contributed by atoms with van der Waals surface area (Å²) in [5, 5.41) is 3.61. The van der Waals surface area contributed by atoms with Crippen molar-refractivity contribution >= 4 is 62.6 Å². The number of nitrogens with one attached hydrogen (secondary N) is 1. The molecule has 0 atom stereocenters. The number of allylic oxidation sites excluding steroid dienone is 1. The van der Waals surface area contributed by atoms with Crippen LogP contribution in [0.4, 0.5) is 5.69 Å². The van der Waals surface area contributed by atoms with Crippen molar-refractivity contribution in [3.63, 3.8) is 0 Å². The molecule has 2 aromatic carbocycles. The van der Waals surface area contributed by atoms with Gasteiger partial charge in [0.15, 0.2) is 5.78 Å². The van der Waals surface area contributed by atoms with Crippen molar-refractivity contribution in [1.82, 2.24) is 0 Å². The Bertz CT molecular complexity index is 1110. The lowest BCUT2D eigenvalue weighted by molar-refractivity contribution is -0.112. The Hall–Kier alpha value is -1.82. The van der Waals surface area contributed by atoms with Crippen molar-refractivity contribution in [3.8, 4) is 0 Å². The van der Waals surface area contributed by atoms with Crippen molar-refractivity contribution < 1.29 is 4.79 Å². The average molecular weight is 438 g/mol. The Morgan fingerprint density at radius 2 is 1.69 bits per heavy atom. The normalized spacial score (nSPS) is 20.5. The number of hydrogen-bond acceptors (Lipinski definition) is 5. The predicted octanol–water partition coefficient (Wildman–Crippen LogP) is 6.98. The molecule has 29 heavy (non-hydrogen) atoms. The first kappa shape index (κ1) is 20.5. The van der Waals surface area contributed by atoms with E-state index in [0.29, 0.717) is 0 Å². The molecule has 5 heteroatoms. The molecule has 2 aliphatic rings. The van der Waals surface area contributed by atoms with E-state index in [1.54, 1.807) is 30.4 Å². The van der Waals surface area contributed by atoms with Crippen molar-refractivity contribution in [1.29, 1.82) is 0 Å². The van der Waals surface area contributed by atoms with E-state index in [0.717, 1.165) is 41.3 Å². The lowest BCUT2D eigenvalue weighted by Gasteiger charge is -2.37. The zero-order valence-electron chi connectivity index (χ0n) is 17.2. The smallest absolute Gasteiger partial charge is 0.167 e. The van der Waals surface area contributed by atoms with Gasteiger partial charge in [0, 0.05) is 26.6 Å². The number of fused-ring (bicyclic) bond motifs is 1. The predicted molar refractivity (Wildman–Crippen MR) is 132 cm³/mol. The first-order valence-corrected chi connectivity index (χ1v) is 11.6. The van der Waals surface area contributed by atoms with Gasteiger partial charge in [0.1, 0.15) is 0 Å². The zero-order chi connectivity index (χ0) is 20.9. The standard InChI is InChI=1S/C24H23NOS3/c1-13-11-17-18(12-14(13)2)25-24(4,5)22(27)19(17)23-28-20(15(3)26)21(29-23)16-9-7-6-8-10-16/h6-12,25H,1-5H3. The van der Waals surface area contributed by atoms with Gasteiger partial charge in [-0.1, -0.05) is 66.1 Å². The molecule has 2 aliphatic heterocycles. The molecule has 0 spiro atoms. The van der Waals surface area contributed by atoms with E-state index in [2.05, 4.69) is 57.3 Å². The summed E-state index contributed by atoms with van der Waals surface area (Å²) >= 11 is 9.20. The highest BCUT2D eigenvalue weighted by Crippen LogP contribution is 2.58. The number of thioether (sulfide) groups is 2. The van der Waals surface area contributed by atoms with Gasteiger partial charge in [0.05, 0.1) is 14.7 Å². The molecule has 0 aliphatic carbocycles. The van der Waals surface area contributed by atoms with Crippen LogP contribution in [0.15, 0.2) is 51.6 Å². The molecule has 0 saturated carbocycles. The Kier molecular flexibility index (Phi) is 5.26. The number of Topliss-reactive ketones (excluding diaryl/α,β-unsaturated/α-hetero) is 1. The van der Waals surface area contributed by atoms with Crippen molar-refractivity contribution in [3.05, 3.63) is 73.9 Å². The molecule has 1 N–H and O–H groups in total. The molecule has 148 valence electrons. The topological polar surface area (TPSA) is 29.1 Å². The number of rotatable bonds is 2. The molecular formula is C24H23NOS3. The van der Waals surface area contributed by atoms with Crippen LogP contribution < -0.4 is 5.32 Å². The molecule has 4 rings (SSSR count). The van der Waals surface area contributed by atoms with Crippen LogP contribution in [0, 0.1) is 13.8 Å². The quantitative estimate of drug-likeness (QED) is 0.404. The summed E-state index contributed by atoms with van der Waals surface area (Å²) in [5.74, 6) is 0.0939. The third-order valence-corrected chi connectivity index (χ3v) is 8.76. The first-order valence-electron chi connectivity index (χ1n) is 9.54. The minimum atomic E-state index is -0.334. The van der Waals surface area contributed by atoms with Crippen LogP contribution in [0.3, 0.4) is 0 Å². The summed E-state index contributed by atoms with van der Waals surface area (Å²) in [6, 6.07) is 14.6. The van der Waals surface area contributed by atoms with Gasteiger partial charge in [0.25, 0.3) is 0 Å². The van der Waals surface area contributed by atoms with E-state index in [9.17, 15) is 4.79 Å². The summed E-state index contributed by atoms with van der Waals surface area (Å²) in [6.07, 6.45) is 0. The average Bonchev–Trinajstić information content (AvgIpc) is 3.10. The van der Waals surface area contributed by atoms with Gasteiger partial charge in [-0.05, 0) is 63.4 Å². The van der Waals surface area contributed by atoms with E-state index in [-0.39, 0.29) is 11.3 Å². The monoisotopic (exact) mass is 437 g/mol. The van der Waals surface area contributed by atoms with Gasteiger partial charge in [-0.15, -0.1) is 0 Å². The minimum absolute atomic E-state index is 0.0939. The van der Waals surface area contributed by atoms with Crippen LogP contribution in [-0.2, 0) is 4.79 Å². The molecule has 2 heterocycles. The maximum Gasteiger partial charge on any atom is 0.167 e. The Morgan fingerprint density at radius 3 is 2.34 bits per heavy atom.